The molecular formula is C20H20N6. The number of hydrogen-bond acceptors (Lipinski definition) is 5. The Bertz CT molecular complexity index is 1070. The molecule has 0 spiro atoms. The molecule has 0 atom stereocenters. The largest absolute Gasteiger partial charge is 0.364 e. The zero-order valence-electron chi connectivity index (χ0n) is 15.1. The molecule has 4 aromatic rings. The molecule has 0 amide bonds. The highest BCUT2D eigenvalue weighted by molar-refractivity contribution is 5.92. The lowest BCUT2D eigenvalue weighted by Crippen LogP contribution is -2.05. The van der Waals surface area contributed by atoms with Crippen LogP contribution in [0, 0.1) is 20.8 Å². The van der Waals surface area contributed by atoms with Crippen molar-refractivity contribution in [1.29, 1.82) is 0 Å². The zero-order valence-corrected chi connectivity index (χ0v) is 15.1. The van der Waals surface area contributed by atoms with Crippen LogP contribution in [-0.4, -0.2) is 24.5 Å². The summed E-state index contributed by atoms with van der Waals surface area (Å²) in [5.74, 6) is 1.68. The fourth-order valence-corrected chi connectivity index (χ4v) is 3.14. The number of rotatable bonds is 4. The fraction of sp³-hybridized carbons (Fsp3) is 0.200. The van der Waals surface area contributed by atoms with Crippen molar-refractivity contribution in [3.8, 4) is 5.82 Å². The van der Waals surface area contributed by atoms with E-state index in [1.807, 2.05) is 43.3 Å². The van der Waals surface area contributed by atoms with Gasteiger partial charge in [-0.3, -0.25) is 9.55 Å². The van der Waals surface area contributed by atoms with E-state index >= 15 is 0 Å². The van der Waals surface area contributed by atoms with Crippen LogP contribution in [0.25, 0.3) is 16.9 Å². The third-order valence-corrected chi connectivity index (χ3v) is 4.56. The summed E-state index contributed by atoms with van der Waals surface area (Å²) in [6, 6.07) is 11.9. The first-order valence-electron chi connectivity index (χ1n) is 8.55. The molecule has 0 unspecified atom stereocenters. The number of hydrogen-bond donors (Lipinski definition) is 1. The van der Waals surface area contributed by atoms with E-state index in [1.165, 1.54) is 0 Å². The quantitative estimate of drug-likeness (QED) is 0.611. The Hall–Kier alpha value is -3.28. The summed E-state index contributed by atoms with van der Waals surface area (Å²) in [6.45, 7) is 6.79. The summed E-state index contributed by atoms with van der Waals surface area (Å²) >= 11 is 0. The van der Waals surface area contributed by atoms with E-state index in [9.17, 15) is 0 Å². The van der Waals surface area contributed by atoms with Crippen molar-refractivity contribution in [1.82, 2.24) is 24.5 Å². The van der Waals surface area contributed by atoms with Gasteiger partial charge < -0.3 is 5.32 Å². The van der Waals surface area contributed by atoms with Crippen LogP contribution in [0.15, 0.2) is 48.9 Å². The van der Waals surface area contributed by atoms with Gasteiger partial charge in [0.1, 0.15) is 18.0 Å². The molecule has 4 rings (SSSR count). The van der Waals surface area contributed by atoms with Crippen LogP contribution in [0.1, 0.15) is 22.6 Å². The van der Waals surface area contributed by atoms with Crippen molar-refractivity contribution in [2.45, 2.75) is 27.3 Å². The van der Waals surface area contributed by atoms with Gasteiger partial charge in [-0.25, -0.2) is 15.0 Å². The average Bonchev–Trinajstić information content (AvgIpc) is 2.92. The standard InChI is InChI=1S/C20H20N6/c1-13-7-6-9-17(25-13)26-15(3)14(2)18-19(23-12-24-20(18)26)22-11-16-8-4-5-10-21-16/h4-10,12H,11H2,1-3H3,(H,22,23,24). The second kappa shape index (κ2) is 6.55. The minimum atomic E-state index is 0.610. The van der Waals surface area contributed by atoms with Gasteiger partial charge in [0.15, 0.2) is 5.65 Å². The monoisotopic (exact) mass is 344 g/mol. The molecule has 26 heavy (non-hydrogen) atoms. The van der Waals surface area contributed by atoms with Crippen LogP contribution in [0.2, 0.25) is 0 Å². The summed E-state index contributed by atoms with van der Waals surface area (Å²) in [5.41, 5.74) is 5.06. The lowest BCUT2D eigenvalue weighted by Gasteiger charge is -2.08. The Morgan fingerprint density at radius 2 is 1.85 bits per heavy atom. The van der Waals surface area contributed by atoms with Gasteiger partial charge in [-0.1, -0.05) is 12.1 Å². The Kier molecular flexibility index (Phi) is 4.08. The molecule has 0 saturated heterocycles. The van der Waals surface area contributed by atoms with E-state index in [4.69, 9.17) is 0 Å². The van der Waals surface area contributed by atoms with Crippen LogP contribution < -0.4 is 5.32 Å². The van der Waals surface area contributed by atoms with Gasteiger partial charge in [0.05, 0.1) is 17.6 Å². The van der Waals surface area contributed by atoms with Crippen molar-refractivity contribution in [3.63, 3.8) is 0 Å². The maximum Gasteiger partial charge on any atom is 0.151 e. The van der Waals surface area contributed by atoms with Gasteiger partial charge in [-0.05, 0) is 50.6 Å². The lowest BCUT2D eigenvalue weighted by molar-refractivity contribution is 0.952. The molecule has 0 aromatic carbocycles. The van der Waals surface area contributed by atoms with Crippen molar-refractivity contribution in [2.24, 2.45) is 0 Å². The maximum absolute atomic E-state index is 4.66. The second-order valence-electron chi connectivity index (χ2n) is 6.28. The molecule has 0 aliphatic carbocycles. The summed E-state index contributed by atoms with van der Waals surface area (Å²) in [6.07, 6.45) is 3.39. The van der Waals surface area contributed by atoms with Crippen LogP contribution in [0.4, 0.5) is 5.82 Å². The highest BCUT2D eigenvalue weighted by Crippen LogP contribution is 2.30. The molecule has 6 nitrogen and oxygen atoms in total. The zero-order chi connectivity index (χ0) is 18.1. The molecule has 4 aromatic heterocycles. The van der Waals surface area contributed by atoms with Gasteiger partial charge in [-0.15, -0.1) is 0 Å². The van der Waals surface area contributed by atoms with E-state index in [0.29, 0.717) is 6.54 Å². The van der Waals surface area contributed by atoms with Gasteiger partial charge in [0, 0.05) is 17.6 Å². The molecule has 0 aliphatic rings. The van der Waals surface area contributed by atoms with Crippen molar-refractivity contribution in [2.75, 3.05) is 5.32 Å². The van der Waals surface area contributed by atoms with Gasteiger partial charge >= 0.3 is 0 Å². The van der Waals surface area contributed by atoms with Crippen LogP contribution in [0.5, 0.6) is 0 Å². The highest BCUT2D eigenvalue weighted by Gasteiger charge is 2.18. The SMILES string of the molecule is Cc1cccc(-n2c(C)c(C)c3c(NCc4ccccn4)ncnc32)n1. The minimum Gasteiger partial charge on any atom is -0.364 e. The van der Waals surface area contributed by atoms with Crippen LogP contribution in [0.3, 0.4) is 0 Å². The minimum absolute atomic E-state index is 0.610. The lowest BCUT2D eigenvalue weighted by atomic mass is 10.2. The smallest absolute Gasteiger partial charge is 0.151 e. The van der Waals surface area contributed by atoms with E-state index in [2.05, 4.69) is 43.7 Å². The molecule has 6 heteroatoms. The maximum atomic E-state index is 4.66. The predicted molar refractivity (Wildman–Crippen MR) is 102 cm³/mol. The normalized spacial score (nSPS) is 11.0. The molecule has 0 radical (unpaired) electrons. The molecule has 0 aliphatic heterocycles. The number of pyridine rings is 2. The summed E-state index contributed by atoms with van der Waals surface area (Å²) in [7, 11) is 0. The van der Waals surface area contributed by atoms with Crippen molar-refractivity contribution in [3.05, 3.63) is 71.6 Å². The molecule has 0 bridgehead atoms. The Morgan fingerprint density at radius 1 is 0.962 bits per heavy atom. The summed E-state index contributed by atoms with van der Waals surface area (Å²) < 4.78 is 2.09. The van der Waals surface area contributed by atoms with E-state index in [1.54, 1.807) is 12.5 Å². The van der Waals surface area contributed by atoms with Gasteiger partial charge in [-0.2, -0.15) is 0 Å². The Balaban J connectivity index is 1.81. The van der Waals surface area contributed by atoms with Crippen molar-refractivity contribution < 1.29 is 0 Å². The molecular weight excluding hydrogens is 324 g/mol. The third kappa shape index (κ3) is 2.79. The van der Waals surface area contributed by atoms with E-state index < -0.39 is 0 Å². The van der Waals surface area contributed by atoms with Gasteiger partial charge in [0.2, 0.25) is 0 Å². The number of aromatic nitrogens is 5. The number of anilines is 1. The first-order valence-corrected chi connectivity index (χ1v) is 8.55. The number of fused-ring (bicyclic) bond motifs is 1. The van der Waals surface area contributed by atoms with Crippen molar-refractivity contribution >= 4 is 16.9 Å². The average molecular weight is 344 g/mol. The molecule has 0 fully saturated rings. The molecule has 0 saturated carbocycles. The molecule has 130 valence electrons. The Morgan fingerprint density at radius 3 is 2.62 bits per heavy atom. The first kappa shape index (κ1) is 16.2. The number of nitrogens with one attached hydrogen (secondary N) is 1. The van der Waals surface area contributed by atoms with E-state index in [-0.39, 0.29) is 0 Å². The topological polar surface area (TPSA) is 68.5 Å². The van der Waals surface area contributed by atoms with Crippen LogP contribution in [-0.2, 0) is 6.54 Å². The first-order chi connectivity index (χ1) is 12.6. The second-order valence-corrected chi connectivity index (χ2v) is 6.28. The summed E-state index contributed by atoms with van der Waals surface area (Å²) in [4.78, 5) is 18.0. The molecule has 4 heterocycles. The Labute approximate surface area is 152 Å². The highest BCUT2D eigenvalue weighted by atomic mass is 15.1. The number of aryl methyl sites for hydroxylation is 2. The summed E-state index contributed by atoms with van der Waals surface area (Å²) in [5, 5.41) is 4.42. The number of nitrogens with zero attached hydrogens (tertiary/aromatic N) is 5. The van der Waals surface area contributed by atoms with Gasteiger partial charge in [0.25, 0.3) is 0 Å². The third-order valence-electron chi connectivity index (χ3n) is 4.56. The van der Waals surface area contributed by atoms with E-state index in [0.717, 1.165) is 45.3 Å². The van der Waals surface area contributed by atoms with Crippen LogP contribution >= 0.6 is 0 Å². The predicted octanol–water partition coefficient (Wildman–Crippen LogP) is 3.75. The fourth-order valence-electron chi connectivity index (χ4n) is 3.14. The molecule has 1 N–H and O–H groups in total.